The van der Waals surface area contributed by atoms with E-state index in [1.165, 1.54) is 5.39 Å². The van der Waals surface area contributed by atoms with Crippen LogP contribution in [0.1, 0.15) is 52.5 Å². The Balaban J connectivity index is 1.57. The molecule has 1 aliphatic carbocycles. The zero-order chi connectivity index (χ0) is 22.1. The second kappa shape index (κ2) is 8.41. The van der Waals surface area contributed by atoms with Crippen LogP contribution in [-0.4, -0.2) is 29.2 Å². The molecular formula is C27H33NO3. The lowest BCUT2D eigenvalue weighted by Crippen LogP contribution is -2.44. The van der Waals surface area contributed by atoms with E-state index in [1.54, 1.807) is 4.90 Å². The van der Waals surface area contributed by atoms with Gasteiger partial charge in [0.25, 0.3) is 0 Å². The molecule has 0 aromatic heterocycles. The summed E-state index contributed by atoms with van der Waals surface area (Å²) in [5, 5.41) is 2.34. The fraction of sp³-hybridized carbons (Fsp3) is 0.444. The van der Waals surface area contributed by atoms with Gasteiger partial charge < -0.3 is 14.4 Å². The highest BCUT2D eigenvalue weighted by molar-refractivity contribution is 5.86. The molecule has 1 heterocycles. The zero-order valence-electron chi connectivity index (χ0n) is 19.1. The van der Waals surface area contributed by atoms with Gasteiger partial charge in [-0.15, -0.1) is 0 Å². The zero-order valence-corrected chi connectivity index (χ0v) is 19.1. The van der Waals surface area contributed by atoms with Gasteiger partial charge in [-0.2, -0.15) is 0 Å². The number of hydrogen-bond acceptors (Lipinski definition) is 3. The van der Waals surface area contributed by atoms with E-state index in [0.717, 1.165) is 36.0 Å². The van der Waals surface area contributed by atoms with E-state index in [0.29, 0.717) is 13.1 Å². The van der Waals surface area contributed by atoms with Crippen LogP contribution in [-0.2, 0) is 16.0 Å². The average molecular weight is 420 g/mol. The largest absolute Gasteiger partial charge is 0.492 e. The number of carbonyl (C=O) groups excluding carboxylic acids is 1. The van der Waals surface area contributed by atoms with Crippen LogP contribution in [0.4, 0.5) is 4.79 Å². The minimum atomic E-state index is -0.545. The van der Waals surface area contributed by atoms with Crippen LogP contribution in [0.25, 0.3) is 10.8 Å². The minimum absolute atomic E-state index is 0.0340. The van der Waals surface area contributed by atoms with E-state index in [-0.39, 0.29) is 17.6 Å². The third kappa shape index (κ3) is 4.95. The molecular weight excluding hydrogens is 386 g/mol. The Morgan fingerprint density at radius 2 is 1.97 bits per heavy atom. The smallest absolute Gasteiger partial charge is 0.410 e. The summed E-state index contributed by atoms with van der Waals surface area (Å²) in [6.45, 7) is 8.98. The van der Waals surface area contributed by atoms with Crippen molar-refractivity contribution in [1.82, 2.24) is 4.90 Å². The summed E-state index contributed by atoms with van der Waals surface area (Å²) in [5.74, 6) is 1.04. The lowest BCUT2D eigenvalue weighted by Gasteiger charge is -2.42. The number of benzene rings is 2. The highest BCUT2D eigenvalue weighted by atomic mass is 16.6. The summed E-state index contributed by atoms with van der Waals surface area (Å²) in [7, 11) is 0. The summed E-state index contributed by atoms with van der Waals surface area (Å²) in [5.41, 5.74) is 0.651. The molecule has 4 nitrogen and oxygen atoms in total. The maximum absolute atomic E-state index is 13.1. The number of allylic oxidation sites excluding steroid dienone is 4. The van der Waals surface area contributed by atoms with Crippen LogP contribution in [0.5, 0.6) is 0 Å². The lowest BCUT2D eigenvalue weighted by molar-refractivity contribution is -0.0228. The molecule has 1 fully saturated rings. The quantitative estimate of drug-likeness (QED) is 0.560. The van der Waals surface area contributed by atoms with E-state index in [1.807, 2.05) is 39.0 Å². The Kier molecular flexibility index (Phi) is 5.83. The molecule has 0 saturated carbocycles. The maximum atomic E-state index is 13.1. The van der Waals surface area contributed by atoms with Crippen LogP contribution in [0, 0.1) is 5.41 Å². The van der Waals surface area contributed by atoms with Crippen molar-refractivity contribution in [2.75, 3.05) is 6.54 Å². The van der Waals surface area contributed by atoms with Crippen molar-refractivity contribution in [1.29, 1.82) is 0 Å². The van der Waals surface area contributed by atoms with Crippen molar-refractivity contribution in [3.63, 3.8) is 0 Å². The monoisotopic (exact) mass is 419 g/mol. The number of nitrogens with zero attached hydrogens (tertiary/aromatic N) is 1. The van der Waals surface area contributed by atoms with Gasteiger partial charge in [0.2, 0.25) is 0 Å². The van der Waals surface area contributed by atoms with Crippen molar-refractivity contribution in [3.8, 4) is 0 Å². The van der Waals surface area contributed by atoms with Gasteiger partial charge in [0, 0.05) is 12.0 Å². The first-order valence-corrected chi connectivity index (χ1v) is 11.2. The first-order valence-electron chi connectivity index (χ1n) is 11.2. The third-order valence-electron chi connectivity index (χ3n) is 6.18. The molecule has 0 bridgehead atoms. The molecule has 31 heavy (non-hydrogen) atoms. The Bertz CT molecular complexity index is 1010. The Morgan fingerprint density at radius 3 is 2.77 bits per heavy atom. The predicted octanol–water partition coefficient (Wildman–Crippen LogP) is 6.61. The molecule has 0 N–H and O–H groups in total. The first kappa shape index (κ1) is 21.5. The molecule has 1 amide bonds. The second-order valence-corrected chi connectivity index (χ2v) is 10.0. The van der Waals surface area contributed by atoms with E-state index < -0.39 is 5.60 Å². The third-order valence-corrected chi connectivity index (χ3v) is 6.18. The number of rotatable bonds is 4. The maximum Gasteiger partial charge on any atom is 0.410 e. The lowest BCUT2D eigenvalue weighted by atomic mass is 9.75. The molecule has 2 aliphatic rings. The van der Waals surface area contributed by atoms with Gasteiger partial charge in [-0.3, -0.25) is 0 Å². The SMILES string of the molecule is CC(C)(C)OC(=O)N(Cc1cccc2ccccc12)C[C@H]1CCC2(C)CC=CC=C2O1. The van der Waals surface area contributed by atoms with E-state index in [9.17, 15) is 4.79 Å². The summed E-state index contributed by atoms with van der Waals surface area (Å²) < 4.78 is 12.1. The fourth-order valence-corrected chi connectivity index (χ4v) is 4.45. The van der Waals surface area contributed by atoms with Crippen molar-refractivity contribution < 1.29 is 14.3 Å². The summed E-state index contributed by atoms with van der Waals surface area (Å²) in [6.07, 6.45) is 9.03. The van der Waals surface area contributed by atoms with Gasteiger partial charge in [-0.25, -0.2) is 4.79 Å². The van der Waals surface area contributed by atoms with Gasteiger partial charge in [0.15, 0.2) is 0 Å². The molecule has 1 unspecified atom stereocenters. The highest BCUT2D eigenvalue weighted by Gasteiger charge is 2.38. The molecule has 0 radical (unpaired) electrons. The van der Waals surface area contributed by atoms with Crippen molar-refractivity contribution in [2.45, 2.75) is 65.2 Å². The summed E-state index contributed by atoms with van der Waals surface area (Å²) >= 11 is 0. The Labute approximate surface area is 185 Å². The van der Waals surface area contributed by atoms with Gasteiger partial charge in [-0.05, 0) is 62.4 Å². The fourth-order valence-electron chi connectivity index (χ4n) is 4.45. The second-order valence-electron chi connectivity index (χ2n) is 10.0. The number of hydrogen-bond donors (Lipinski definition) is 0. The number of fused-ring (bicyclic) bond motifs is 2. The molecule has 164 valence electrons. The van der Waals surface area contributed by atoms with Gasteiger partial charge in [0.1, 0.15) is 17.5 Å². The van der Waals surface area contributed by atoms with Crippen LogP contribution >= 0.6 is 0 Å². The number of ether oxygens (including phenoxy) is 2. The van der Waals surface area contributed by atoms with Crippen molar-refractivity contribution in [2.24, 2.45) is 5.41 Å². The summed E-state index contributed by atoms with van der Waals surface area (Å²) in [6, 6.07) is 14.5. The van der Waals surface area contributed by atoms with Crippen molar-refractivity contribution in [3.05, 3.63) is 72.0 Å². The van der Waals surface area contributed by atoms with Crippen LogP contribution in [0.3, 0.4) is 0 Å². The van der Waals surface area contributed by atoms with Crippen molar-refractivity contribution >= 4 is 16.9 Å². The van der Waals surface area contributed by atoms with Crippen LogP contribution in [0.15, 0.2) is 66.5 Å². The van der Waals surface area contributed by atoms with Crippen LogP contribution in [0.2, 0.25) is 0 Å². The molecule has 4 rings (SSSR count). The van der Waals surface area contributed by atoms with Gasteiger partial charge in [-0.1, -0.05) is 61.5 Å². The van der Waals surface area contributed by atoms with Gasteiger partial charge >= 0.3 is 6.09 Å². The average Bonchev–Trinajstić information content (AvgIpc) is 2.72. The molecule has 2 aromatic carbocycles. The number of carbonyl (C=O) groups is 1. The van der Waals surface area contributed by atoms with E-state index >= 15 is 0 Å². The molecule has 2 aromatic rings. The first-order chi connectivity index (χ1) is 14.7. The molecule has 0 spiro atoms. The highest BCUT2D eigenvalue weighted by Crippen LogP contribution is 2.44. The standard InChI is InChI=1S/C27H33NO3/c1-26(2,3)31-25(29)28(18-21-12-9-11-20-10-5-6-13-23(20)21)19-22-15-17-27(4)16-8-7-14-24(27)30-22/h5-14,22H,15-19H2,1-4H3/t22-,27?/m1/s1. The molecule has 2 atom stereocenters. The minimum Gasteiger partial charge on any atom is -0.492 e. The van der Waals surface area contributed by atoms with Crippen LogP contribution < -0.4 is 0 Å². The molecule has 1 saturated heterocycles. The number of amides is 1. The molecule has 4 heteroatoms. The molecule has 1 aliphatic heterocycles. The van der Waals surface area contributed by atoms with E-state index in [2.05, 4.69) is 49.4 Å². The topological polar surface area (TPSA) is 38.8 Å². The Hall–Kier alpha value is -2.75. The van der Waals surface area contributed by atoms with Gasteiger partial charge in [0.05, 0.1) is 6.54 Å². The summed E-state index contributed by atoms with van der Waals surface area (Å²) in [4.78, 5) is 14.9. The van der Waals surface area contributed by atoms with E-state index in [4.69, 9.17) is 9.47 Å². The normalized spacial score (nSPS) is 23.0. The Morgan fingerprint density at radius 1 is 1.19 bits per heavy atom. The predicted molar refractivity (Wildman–Crippen MR) is 125 cm³/mol.